The van der Waals surface area contributed by atoms with Gasteiger partial charge in [-0.05, 0) is 47.8 Å². The lowest BCUT2D eigenvalue weighted by Crippen LogP contribution is -2.45. The highest BCUT2D eigenvalue weighted by Crippen LogP contribution is 2.22. The van der Waals surface area contributed by atoms with E-state index in [1.807, 2.05) is 6.07 Å². The molecule has 1 aliphatic rings. The summed E-state index contributed by atoms with van der Waals surface area (Å²) in [5.74, 6) is -0.324. The Labute approximate surface area is 112 Å². The Balaban J connectivity index is 1.86. The largest absolute Gasteiger partial charge is 0.352 e. The number of carbonyl (C=O) groups is 2. The second kappa shape index (κ2) is 5.18. The zero-order chi connectivity index (χ0) is 12.4. The molecule has 2 N–H and O–H groups in total. The molecular weight excluding hydrogens is 304 g/mol. The summed E-state index contributed by atoms with van der Waals surface area (Å²) in [6, 6.07) is 3.37. The Morgan fingerprint density at radius 3 is 2.71 bits per heavy atom. The molecule has 1 atom stereocenters. The van der Waals surface area contributed by atoms with Gasteiger partial charge in [-0.15, -0.1) is 11.3 Å². The quantitative estimate of drug-likeness (QED) is 0.891. The summed E-state index contributed by atoms with van der Waals surface area (Å²) in [4.78, 5) is 24.0. The van der Waals surface area contributed by atoms with E-state index in [0.29, 0.717) is 10.9 Å². The van der Waals surface area contributed by atoms with Crippen molar-refractivity contribution in [1.29, 1.82) is 0 Å². The predicted molar refractivity (Wildman–Crippen MR) is 70.1 cm³/mol. The van der Waals surface area contributed by atoms with Crippen molar-refractivity contribution in [2.24, 2.45) is 0 Å². The molecule has 0 saturated heterocycles. The van der Waals surface area contributed by atoms with Crippen LogP contribution in [-0.2, 0) is 4.79 Å². The van der Waals surface area contributed by atoms with Crippen molar-refractivity contribution in [3.63, 3.8) is 0 Å². The van der Waals surface area contributed by atoms with Gasteiger partial charge in [-0.1, -0.05) is 0 Å². The maximum atomic E-state index is 11.8. The van der Waals surface area contributed by atoms with E-state index in [1.54, 1.807) is 13.0 Å². The molecule has 4 nitrogen and oxygen atoms in total. The van der Waals surface area contributed by atoms with Gasteiger partial charge in [-0.3, -0.25) is 9.59 Å². The molecule has 2 amide bonds. The fraction of sp³-hybridized carbons (Fsp3) is 0.455. The fourth-order valence-electron chi connectivity index (χ4n) is 1.32. The van der Waals surface area contributed by atoms with Crippen LogP contribution in [-0.4, -0.2) is 23.9 Å². The number of halogens is 1. The molecule has 1 aliphatic carbocycles. The van der Waals surface area contributed by atoms with Crippen molar-refractivity contribution in [2.75, 3.05) is 0 Å². The molecule has 1 saturated carbocycles. The van der Waals surface area contributed by atoms with Gasteiger partial charge in [0.25, 0.3) is 5.91 Å². The van der Waals surface area contributed by atoms with E-state index in [4.69, 9.17) is 0 Å². The summed E-state index contributed by atoms with van der Waals surface area (Å²) in [5, 5.41) is 5.54. The highest BCUT2D eigenvalue weighted by atomic mass is 79.9. The van der Waals surface area contributed by atoms with Gasteiger partial charge in [-0.25, -0.2) is 0 Å². The van der Waals surface area contributed by atoms with Crippen LogP contribution in [0, 0.1) is 0 Å². The summed E-state index contributed by atoms with van der Waals surface area (Å²) in [7, 11) is 0. The monoisotopic (exact) mass is 316 g/mol. The van der Waals surface area contributed by atoms with E-state index in [2.05, 4.69) is 26.6 Å². The van der Waals surface area contributed by atoms with E-state index < -0.39 is 6.04 Å². The Hall–Kier alpha value is -0.880. The lowest BCUT2D eigenvalue weighted by molar-refractivity contribution is -0.122. The summed E-state index contributed by atoms with van der Waals surface area (Å²) in [6.07, 6.45) is 2.09. The van der Waals surface area contributed by atoms with Crippen LogP contribution in [0.1, 0.15) is 29.4 Å². The van der Waals surface area contributed by atoms with Crippen LogP contribution >= 0.6 is 27.3 Å². The maximum absolute atomic E-state index is 11.8. The molecule has 1 heterocycles. The number of thiophene rings is 1. The Morgan fingerprint density at radius 1 is 1.47 bits per heavy atom. The minimum absolute atomic E-state index is 0.114. The van der Waals surface area contributed by atoms with Gasteiger partial charge in [0.05, 0.1) is 8.66 Å². The van der Waals surface area contributed by atoms with E-state index in [-0.39, 0.29) is 11.8 Å². The highest BCUT2D eigenvalue weighted by molar-refractivity contribution is 9.11. The van der Waals surface area contributed by atoms with Gasteiger partial charge in [0.15, 0.2) is 0 Å². The molecule has 0 unspecified atom stereocenters. The van der Waals surface area contributed by atoms with Gasteiger partial charge in [0, 0.05) is 6.04 Å². The Bertz CT molecular complexity index is 442. The third-order valence-corrected chi connectivity index (χ3v) is 4.08. The van der Waals surface area contributed by atoms with Gasteiger partial charge < -0.3 is 10.6 Å². The minimum atomic E-state index is -0.496. The molecule has 6 heteroatoms. The van der Waals surface area contributed by atoms with E-state index in [0.717, 1.165) is 16.6 Å². The lowest BCUT2D eigenvalue weighted by Gasteiger charge is -2.12. The van der Waals surface area contributed by atoms with Crippen molar-refractivity contribution in [1.82, 2.24) is 10.6 Å². The maximum Gasteiger partial charge on any atom is 0.262 e. The second-order valence-electron chi connectivity index (χ2n) is 4.08. The third kappa shape index (κ3) is 3.54. The van der Waals surface area contributed by atoms with Gasteiger partial charge in [-0.2, -0.15) is 0 Å². The second-order valence-corrected chi connectivity index (χ2v) is 6.54. The molecule has 0 aliphatic heterocycles. The third-order valence-electron chi connectivity index (χ3n) is 2.46. The van der Waals surface area contributed by atoms with E-state index >= 15 is 0 Å². The van der Waals surface area contributed by atoms with Crippen molar-refractivity contribution in [3.8, 4) is 0 Å². The predicted octanol–water partition coefficient (Wildman–Crippen LogP) is 1.91. The topological polar surface area (TPSA) is 58.2 Å². The van der Waals surface area contributed by atoms with Gasteiger partial charge in [0.2, 0.25) is 5.91 Å². The molecule has 92 valence electrons. The summed E-state index contributed by atoms with van der Waals surface area (Å²) >= 11 is 4.64. The molecule has 0 bridgehead atoms. The lowest BCUT2D eigenvalue weighted by atomic mass is 10.3. The molecule has 0 aromatic carbocycles. The average molecular weight is 317 g/mol. The number of amides is 2. The molecule has 1 fully saturated rings. The smallest absolute Gasteiger partial charge is 0.262 e. The first-order chi connectivity index (χ1) is 8.06. The van der Waals surface area contributed by atoms with E-state index in [1.165, 1.54) is 11.3 Å². The molecule has 17 heavy (non-hydrogen) atoms. The summed E-state index contributed by atoms with van der Waals surface area (Å²) in [6.45, 7) is 1.69. The molecule has 1 aromatic heterocycles. The molecule has 0 spiro atoms. The standard InChI is InChI=1S/C11H13BrN2O2S/c1-6(10(15)14-7-2-3-7)13-11(16)8-4-5-9(12)17-8/h4-7H,2-3H2,1H3,(H,13,16)(H,14,15)/t6-/m1/s1. The highest BCUT2D eigenvalue weighted by Gasteiger charge is 2.26. The first-order valence-electron chi connectivity index (χ1n) is 5.43. The SMILES string of the molecule is C[C@@H](NC(=O)c1ccc(Br)s1)C(=O)NC1CC1. The normalized spacial score (nSPS) is 16.4. The van der Waals surface area contributed by atoms with Crippen LogP contribution in [0.5, 0.6) is 0 Å². The molecular formula is C11H13BrN2O2S. The van der Waals surface area contributed by atoms with Crippen molar-refractivity contribution in [2.45, 2.75) is 31.8 Å². The van der Waals surface area contributed by atoms with Crippen LogP contribution in [0.25, 0.3) is 0 Å². The summed E-state index contributed by atoms with van der Waals surface area (Å²) < 4.78 is 0.901. The average Bonchev–Trinajstić information content (AvgIpc) is 2.97. The Morgan fingerprint density at radius 2 is 2.18 bits per heavy atom. The van der Waals surface area contributed by atoms with Crippen LogP contribution in [0.15, 0.2) is 15.9 Å². The van der Waals surface area contributed by atoms with Crippen LogP contribution in [0.3, 0.4) is 0 Å². The number of hydrogen-bond acceptors (Lipinski definition) is 3. The zero-order valence-electron chi connectivity index (χ0n) is 9.33. The van der Waals surface area contributed by atoms with Crippen LogP contribution < -0.4 is 10.6 Å². The number of nitrogens with one attached hydrogen (secondary N) is 2. The minimum Gasteiger partial charge on any atom is -0.352 e. The van der Waals surface area contributed by atoms with Crippen LogP contribution in [0.2, 0.25) is 0 Å². The van der Waals surface area contributed by atoms with Crippen LogP contribution in [0.4, 0.5) is 0 Å². The first kappa shape index (κ1) is 12.6. The zero-order valence-corrected chi connectivity index (χ0v) is 11.7. The van der Waals surface area contributed by atoms with Gasteiger partial charge in [0.1, 0.15) is 6.04 Å². The number of rotatable bonds is 4. The number of carbonyl (C=O) groups excluding carboxylic acids is 2. The fourth-order valence-corrected chi connectivity index (χ4v) is 2.61. The molecule has 2 rings (SSSR count). The van der Waals surface area contributed by atoms with Crippen molar-refractivity contribution < 1.29 is 9.59 Å². The van der Waals surface area contributed by atoms with Crippen molar-refractivity contribution >= 4 is 39.1 Å². The Kier molecular flexibility index (Phi) is 3.83. The first-order valence-corrected chi connectivity index (χ1v) is 7.04. The van der Waals surface area contributed by atoms with Gasteiger partial charge >= 0.3 is 0 Å². The number of hydrogen-bond donors (Lipinski definition) is 2. The summed E-state index contributed by atoms with van der Waals surface area (Å²) in [5.41, 5.74) is 0. The van der Waals surface area contributed by atoms with E-state index in [9.17, 15) is 9.59 Å². The molecule has 0 radical (unpaired) electrons. The molecule has 1 aromatic rings. The van der Waals surface area contributed by atoms with Crippen molar-refractivity contribution in [3.05, 3.63) is 20.8 Å².